The fourth-order valence-electron chi connectivity index (χ4n) is 1.75. The van der Waals surface area contributed by atoms with Crippen molar-refractivity contribution in [1.29, 1.82) is 0 Å². The minimum Gasteiger partial charge on any atom is -0.384 e. The van der Waals surface area contributed by atoms with Crippen molar-refractivity contribution in [2.75, 3.05) is 11.9 Å². The van der Waals surface area contributed by atoms with Crippen molar-refractivity contribution >= 4 is 11.6 Å². The van der Waals surface area contributed by atoms with Crippen LogP contribution in [0.3, 0.4) is 0 Å². The number of nitrogens with one attached hydrogen (secondary N) is 2. The first kappa shape index (κ1) is 12.0. The van der Waals surface area contributed by atoms with Gasteiger partial charge in [-0.05, 0) is 38.3 Å². The summed E-state index contributed by atoms with van der Waals surface area (Å²) in [5, 5.41) is 6.37. The van der Waals surface area contributed by atoms with Crippen LogP contribution in [-0.4, -0.2) is 18.0 Å². The van der Waals surface area contributed by atoms with Crippen LogP contribution in [0, 0.1) is 0 Å². The zero-order valence-electron chi connectivity index (χ0n) is 10.5. The molecule has 1 aliphatic rings. The van der Waals surface area contributed by atoms with E-state index in [2.05, 4.69) is 24.5 Å². The van der Waals surface area contributed by atoms with Gasteiger partial charge in [-0.2, -0.15) is 0 Å². The molecule has 0 spiro atoms. The molecule has 0 saturated heterocycles. The van der Waals surface area contributed by atoms with Crippen LogP contribution in [-0.2, 0) is 0 Å². The summed E-state index contributed by atoms with van der Waals surface area (Å²) in [6, 6.07) is 7.69. The Kier molecular flexibility index (Phi) is 3.36. The summed E-state index contributed by atoms with van der Waals surface area (Å²) in [6.07, 6.45) is 3.22. The van der Waals surface area contributed by atoms with E-state index in [4.69, 9.17) is 0 Å². The lowest BCUT2D eigenvalue weighted by Crippen LogP contribution is -2.34. The van der Waals surface area contributed by atoms with E-state index < -0.39 is 0 Å². The maximum Gasteiger partial charge on any atom is 0.253 e. The van der Waals surface area contributed by atoms with Gasteiger partial charge in [-0.25, -0.2) is 0 Å². The number of carbonyl (C=O) groups excluding carboxylic acids is 1. The summed E-state index contributed by atoms with van der Waals surface area (Å²) in [4.78, 5) is 12.1. The Morgan fingerprint density at radius 3 is 2.71 bits per heavy atom. The first-order valence-corrected chi connectivity index (χ1v) is 6.30. The highest BCUT2D eigenvalue weighted by Gasteiger charge is 2.39. The van der Waals surface area contributed by atoms with Crippen LogP contribution in [0.1, 0.15) is 43.5 Å². The Hall–Kier alpha value is -1.51. The van der Waals surface area contributed by atoms with Gasteiger partial charge in [-0.1, -0.05) is 19.1 Å². The van der Waals surface area contributed by atoms with Crippen molar-refractivity contribution in [3.8, 4) is 0 Å². The number of carbonyl (C=O) groups is 1. The van der Waals surface area contributed by atoms with E-state index in [1.54, 1.807) is 0 Å². The number of hydrogen-bond donors (Lipinski definition) is 2. The van der Waals surface area contributed by atoms with Gasteiger partial charge in [-0.15, -0.1) is 0 Å². The molecule has 92 valence electrons. The largest absolute Gasteiger partial charge is 0.384 e. The fourth-order valence-corrected chi connectivity index (χ4v) is 1.75. The molecule has 1 amide bonds. The Morgan fingerprint density at radius 1 is 1.35 bits per heavy atom. The quantitative estimate of drug-likeness (QED) is 0.819. The molecular weight excluding hydrogens is 212 g/mol. The summed E-state index contributed by atoms with van der Waals surface area (Å²) in [6.45, 7) is 5.09. The lowest BCUT2D eigenvalue weighted by Gasteiger charge is -2.15. The average Bonchev–Trinajstić information content (AvgIpc) is 3.04. The van der Waals surface area contributed by atoms with Crippen LogP contribution >= 0.6 is 0 Å². The van der Waals surface area contributed by atoms with Crippen LogP contribution in [0.15, 0.2) is 24.3 Å². The lowest BCUT2D eigenvalue weighted by atomic mass is 10.1. The molecule has 0 aromatic heterocycles. The van der Waals surface area contributed by atoms with E-state index in [9.17, 15) is 4.79 Å². The van der Waals surface area contributed by atoms with Gasteiger partial charge in [0.15, 0.2) is 0 Å². The molecule has 0 heterocycles. The van der Waals surface area contributed by atoms with Gasteiger partial charge in [0.1, 0.15) is 0 Å². The standard InChI is InChI=1S/C14H20N2O/c1-3-10-15-12-7-5-4-6-11(12)13(17)16-14(2)8-9-14/h4-7,15H,3,8-10H2,1-2H3,(H,16,17). The van der Waals surface area contributed by atoms with E-state index in [1.807, 2.05) is 24.3 Å². The molecule has 1 aliphatic carbocycles. The zero-order chi connectivity index (χ0) is 12.3. The highest BCUT2D eigenvalue weighted by Crippen LogP contribution is 2.34. The van der Waals surface area contributed by atoms with Gasteiger partial charge in [0.2, 0.25) is 0 Å². The Morgan fingerprint density at radius 2 is 2.06 bits per heavy atom. The third-order valence-corrected chi connectivity index (χ3v) is 3.15. The monoisotopic (exact) mass is 232 g/mol. The van der Waals surface area contributed by atoms with Crippen molar-refractivity contribution < 1.29 is 4.79 Å². The maximum atomic E-state index is 12.1. The third kappa shape index (κ3) is 2.99. The molecule has 0 aliphatic heterocycles. The first-order valence-electron chi connectivity index (χ1n) is 6.30. The Balaban J connectivity index is 2.10. The minimum absolute atomic E-state index is 0.0317. The van der Waals surface area contributed by atoms with Gasteiger partial charge < -0.3 is 10.6 Å². The van der Waals surface area contributed by atoms with E-state index in [1.165, 1.54) is 0 Å². The van der Waals surface area contributed by atoms with Crippen molar-refractivity contribution in [1.82, 2.24) is 5.32 Å². The molecule has 3 nitrogen and oxygen atoms in total. The molecule has 0 unspecified atom stereocenters. The maximum absolute atomic E-state index is 12.1. The van der Waals surface area contributed by atoms with Crippen LogP contribution in [0.5, 0.6) is 0 Å². The molecule has 0 atom stereocenters. The Labute approximate surface area is 103 Å². The second-order valence-corrected chi connectivity index (χ2v) is 4.99. The number of para-hydroxylation sites is 1. The first-order chi connectivity index (χ1) is 8.14. The van der Waals surface area contributed by atoms with Crippen LogP contribution in [0.4, 0.5) is 5.69 Å². The van der Waals surface area contributed by atoms with E-state index in [0.717, 1.165) is 37.1 Å². The smallest absolute Gasteiger partial charge is 0.253 e. The van der Waals surface area contributed by atoms with Gasteiger partial charge in [0.25, 0.3) is 5.91 Å². The normalized spacial score (nSPS) is 16.4. The molecule has 0 bridgehead atoms. The number of benzene rings is 1. The van der Waals surface area contributed by atoms with Crippen molar-refractivity contribution in [3.63, 3.8) is 0 Å². The second kappa shape index (κ2) is 4.78. The molecule has 17 heavy (non-hydrogen) atoms. The van der Waals surface area contributed by atoms with Gasteiger partial charge in [-0.3, -0.25) is 4.79 Å². The second-order valence-electron chi connectivity index (χ2n) is 4.99. The highest BCUT2D eigenvalue weighted by molar-refractivity contribution is 6.00. The van der Waals surface area contributed by atoms with Crippen LogP contribution < -0.4 is 10.6 Å². The van der Waals surface area contributed by atoms with Crippen molar-refractivity contribution in [2.24, 2.45) is 0 Å². The molecule has 0 radical (unpaired) electrons. The summed E-state index contributed by atoms with van der Waals surface area (Å²) >= 11 is 0. The van der Waals surface area contributed by atoms with E-state index in [0.29, 0.717) is 0 Å². The fraction of sp³-hybridized carbons (Fsp3) is 0.500. The van der Waals surface area contributed by atoms with Crippen LogP contribution in [0.25, 0.3) is 0 Å². The predicted octanol–water partition coefficient (Wildman–Crippen LogP) is 2.79. The molecule has 1 fully saturated rings. The van der Waals surface area contributed by atoms with Crippen molar-refractivity contribution in [3.05, 3.63) is 29.8 Å². The number of amides is 1. The summed E-state index contributed by atoms with van der Waals surface area (Å²) in [5.41, 5.74) is 1.71. The third-order valence-electron chi connectivity index (χ3n) is 3.15. The zero-order valence-corrected chi connectivity index (χ0v) is 10.5. The van der Waals surface area contributed by atoms with Gasteiger partial charge in [0.05, 0.1) is 5.56 Å². The minimum atomic E-state index is 0.0317. The molecule has 1 aromatic rings. The molecule has 2 N–H and O–H groups in total. The van der Waals surface area contributed by atoms with E-state index in [-0.39, 0.29) is 11.4 Å². The summed E-state index contributed by atoms with van der Waals surface area (Å²) in [5.74, 6) is 0.0317. The number of rotatable bonds is 5. The molecule has 1 saturated carbocycles. The van der Waals surface area contributed by atoms with Gasteiger partial charge >= 0.3 is 0 Å². The number of anilines is 1. The molecule has 1 aromatic carbocycles. The van der Waals surface area contributed by atoms with Gasteiger partial charge in [0, 0.05) is 17.8 Å². The topological polar surface area (TPSA) is 41.1 Å². The average molecular weight is 232 g/mol. The highest BCUT2D eigenvalue weighted by atomic mass is 16.1. The van der Waals surface area contributed by atoms with Crippen LogP contribution in [0.2, 0.25) is 0 Å². The summed E-state index contributed by atoms with van der Waals surface area (Å²) < 4.78 is 0. The Bertz CT molecular complexity index is 410. The van der Waals surface area contributed by atoms with E-state index >= 15 is 0 Å². The number of hydrogen-bond acceptors (Lipinski definition) is 2. The SMILES string of the molecule is CCCNc1ccccc1C(=O)NC1(C)CC1. The van der Waals surface area contributed by atoms with Crippen molar-refractivity contribution in [2.45, 2.75) is 38.6 Å². The molecule has 3 heteroatoms. The lowest BCUT2D eigenvalue weighted by molar-refractivity contribution is 0.0936. The molecular formula is C14H20N2O. The molecule has 2 rings (SSSR count). The summed E-state index contributed by atoms with van der Waals surface area (Å²) in [7, 11) is 0. The predicted molar refractivity (Wildman–Crippen MR) is 70.3 cm³/mol.